The van der Waals surface area contributed by atoms with Crippen molar-refractivity contribution in [2.45, 2.75) is 6.61 Å². The lowest BCUT2D eigenvalue weighted by Crippen LogP contribution is -2.15. The number of ether oxygens (including phenoxy) is 2. The maximum absolute atomic E-state index is 12.1. The van der Waals surface area contributed by atoms with Crippen LogP contribution in [0.4, 0.5) is 0 Å². The summed E-state index contributed by atoms with van der Waals surface area (Å²) < 4.78 is 15.8. The van der Waals surface area contributed by atoms with Gasteiger partial charge in [-0.1, -0.05) is 48.5 Å². The average molecular weight is 336 g/mol. The van der Waals surface area contributed by atoms with Gasteiger partial charge in [-0.2, -0.15) is 0 Å². The number of carbonyl (C=O) groups excluding carboxylic acids is 2. The molecule has 1 heterocycles. The van der Waals surface area contributed by atoms with Crippen molar-refractivity contribution >= 4 is 11.8 Å². The highest BCUT2D eigenvalue weighted by Gasteiger charge is 2.19. The fraction of sp³-hybridized carbons (Fsp3) is 0.100. The van der Waals surface area contributed by atoms with Crippen LogP contribution in [0.1, 0.15) is 26.5 Å². The van der Waals surface area contributed by atoms with Gasteiger partial charge in [0.2, 0.25) is 5.76 Å². The van der Waals surface area contributed by atoms with Crippen LogP contribution < -0.4 is 4.74 Å². The average Bonchev–Trinajstić information content (AvgIpc) is 3.14. The van der Waals surface area contributed by atoms with Crippen LogP contribution in [-0.4, -0.2) is 18.4 Å². The van der Waals surface area contributed by atoms with E-state index in [-0.39, 0.29) is 24.8 Å². The molecular weight excluding hydrogens is 320 g/mol. The van der Waals surface area contributed by atoms with E-state index in [1.807, 2.05) is 36.4 Å². The Morgan fingerprint density at radius 1 is 0.880 bits per heavy atom. The minimum absolute atomic E-state index is 0.0387. The third-order valence-electron chi connectivity index (χ3n) is 3.50. The van der Waals surface area contributed by atoms with Crippen molar-refractivity contribution < 1.29 is 23.5 Å². The van der Waals surface area contributed by atoms with Crippen molar-refractivity contribution in [3.05, 3.63) is 89.9 Å². The first-order valence-electron chi connectivity index (χ1n) is 7.73. The third-order valence-corrected chi connectivity index (χ3v) is 3.50. The molecule has 25 heavy (non-hydrogen) atoms. The van der Waals surface area contributed by atoms with Crippen LogP contribution in [0.3, 0.4) is 0 Å². The van der Waals surface area contributed by atoms with E-state index in [1.54, 1.807) is 30.3 Å². The molecule has 0 aliphatic heterocycles. The van der Waals surface area contributed by atoms with Crippen LogP contribution in [-0.2, 0) is 11.3 Å². The Labute approximate surface area is 144 Å². The molecule has 0 fully saturated rings. The van der Waals surface area contributed by atoms with Crippen LogP contribution in [0.25, 0.3) is 0 Å². The summed E-state index contributed by atoms with van der Waals surface area (Å²) in [5.74, 6) is -0.248. The van der Waals surface area contributed by atoms with Gasteiger partial charge in [-0.25, -0.2) is 4.79 Å². The number of hydrogen-bond acceptors (Lipinski definition) is 5. The van der Waals surface area contributed by atoms with E-state index >= 15 is 0 Å². The van der Waals surface area contributed by atoms with E-state index in [1.165, 1.54) is 6.26 Å². The zero-order chi connectivity index (χ0) is 17.5. The summed E-state index contributed by atoms with van der Waals surface area (Å²) in [5.41, 5.74) is 1.04. The normalized spacial score (nSPS) is 10.2. The number of hydrogen-bond donors (Lipinski definition) is 0. The Morgan fingerprint density at radius 2 is 1.56 bits per heavy atom. The predicted octanol–water partition coefficient (Wildman–Crippen LogP) is 3.90. The number of rotatable bonds is 7. The zero-order valence-corrected chi connectivity index (χ0v) is 13.4. The minimum Gasteiger partial charge on any atom is -0.489 e. The highest BCUT2D eigenvalue weighted by Crippen LogP contribution is 2.16. The van der Waals surface area contributed by atoms with Crippen LogP contribution >= 0.6 is 0 Å². The molecule has 2 aromatic carbocycles. The monoisotopic (exact) mass is 336 g/mol. The number of carbonyl (C=O) groups is 2. The largest absolute Gasteiger partial charge is 0.489 e. The topological polar surface area (TPSA) is 65.7 Å². The Balaban J connectivity index is 1.58. The number of ketones is 1. The maximum atomic E-state index is 12.1. The lowest BCUT2D eigenvalue weighted by atomic mass is 10.1. The molecule has 0 atom stereocenters. The van der Waals surface area contributed by atoms with E-state index in [2.05, 4.69) is 0 Å². The van der Waals surface area contributed by atoms with Gasteiger partial charge in [0.25, 0.3) is 0 Å². The molecule has 0 saturated carbocycles. The van der Waals surface area contributed by atoms with Crippen molar-refractivity contribution in [2.24, 2.45) is 0 Å². The Kier molecular flexibility index (Phi) is 5.26. The molecule has 0 amide bonds. The number of para-hydroxylation sites is 1. The summed E-state index contributed by atoms with van der Waals surface area (Å²) in [6.45, 7) is -0.180. The number of Topliss-reactive ketones (excluding diaryl/α,β-unsaturated/α-hetero) is 1. The van der Waals surface area contributed by atoms with Crippen molar-refractivity contribution in [3.63, 3.8) is 0 Å². The van der Waals surface area contributed by atoms with E-state index in [0.717, 1.165) is 0 Å². The standard InChI is InChI=1S/C20H16O5/c21-18(15-7-3-1-4-8-15)14-25-20(22)19-16(11-12-23-19)13-24-17-9-5-2-6-10-17/h1-12H,13-14H2. The molecule has 126 valence electrons. The highest BCUT2D eigenvalue weighted by atomic mass is 16.5. The van der Waals surface area contributed by atoms with Crippen molar-refractivity contribution in [2.75, 3.05) is 6.61 Å². The molecule has 3 rings (SSSR count). The molecule has 0 bridgehead atoms. The van der Waals surface area contributed by atoms with Crippen LogP contribution in [0.15, 0.2) is 77.4 Å². The van der Waals surface area contributed by atoms with Gasteiger partial charge in [-0.3, -0.25) is 4.79 Å². The Hall–Kier alpha value is -3.34. The molecular formula is C20H16O5. The van der Waals surface area contributed by atoms with Gasteiger partial charge < -0.3 is 13.9 Å². The molecule has 0 N–H and O–H groups in total. The smallest absolute Gasteiger partial charge is 0.375 e. The number of esters is 1. The first kappa shape index (κ1) is 16.5. The fourth-order valence-corrected chi connectivity index (χ4v) is 2.21. The molecule has 0 aliphatic carbocycles. The highest BCUT2D eigenvalue weighted by molar-refractivity contribution is 5.99. The van der Waals surface area contributed by atoms with Gasteiger partial charge in [0.05, 0.1) is 6.26 Å². The van der Waals surface area contributed by atoms with Crippen molar-refractivity contribution in [1.29, 1.82) is 0 Å². The molecule has 0 radical (unpaired) electrons. The van der Waals surface area contributed by atoms with E-state index < -0.39 is 5.97 Å². The maximum Gasteiger partial charge on any atom is 0.375 e. The minimum atomic E-state index is -0.694. The Morgan fingerprint density at radius 3 is 2.28 bits per heavy atom. The second kappa shape index (κ2) is 7.97. The quantitative estimate of drug-likeness (QED) is 0.483. The molecule has 0 spiro atoms. The molecule has 3 aromatic rings. The number of furan rings is 1. The van der Waals surface area contributed by atoms with E-state index in [4.69, 9.17) is 13.9 Å². The molecule has 1 aromatic heterocycles. The fourth-order valence-electron chi connectivity index (χ4n) is 2.21. The first-order valence-corrected chi connectivity index (χ1v) is 7.73. The molecule has 0 unspecified atom stereocenters. The summed E-state index contributed by atoms with van der Waals surface area (Å²) in [5, 5.41) is 0. The van der Waals surface area contributed by atoms with Gasteiger partial charge >= 0.3 is 5.97 Å². The molecule has 5 heteroatoms. The summed E-state index contributed by atoms with van der Waals surface area (Å²) in [6.07, 6.45) is 1.39. The number of benzene rings is 2. The van der Waals surface area contributed by atoms with Gasteiger partial charge in [0, 0.05) is 11.1 Å². The van der Waals surface area contributed by atoms with Gasteiger partial charge in [-0.15, -0.1) is 0 Å². The SMILES string of the molecule is O=C(COC(=O)c1occc1COc1ccccc1)c1ccccc1. The van der Waals surface area contributed by atoms with Crippen LogP contribution in [0.5, 0.6) is 5.75 Å². The van der Waals surface area contributed by atoms with E-state index in [0.29, 0.717) is 16.9 Å². The summed E-state index contributed by atoms with van der Waals surface area (Å²) in [7, 11) is 0. The van der Waals surface area contributed by atoms with Crippen molar-refractivity contribution in [1.82, 2.24) is 0 Å². The van der Waals surface area contributed by atoms with Gasteiger partial charge in [0.15, 0.2) is 12.4 Å². The lowest BCUT2D eigenvalue weighted by molar-refractivity contribution is 0.0440. The van der Waals surface area contributed by atoms with Crippen molar-refractivity contribution in [3.8, 4) is 5.75 Å². The van der Waals surface area contributed by atoms with E-state index in [9.17, 15) is 9.59 Å². The second-order valence-corrected chi connectivity index (χ2v) is 5.24. The molecule has 0 aliphatic rings. The summed E-state index contributed by atoms with van der Waals surface area (Å²) in [4.78, 5) is 24.1. The third kappa shape index (κ3) is 4.35. The van der Waals surface area contributed by atoms with Crippen LogP contribution in [0.2, 0.25) is 0 Å². The zero-order valence-electron chi connectivity index (χ0n) is 13.4. The lowest BCUT2D eigenvalue weighted by Gasteiger charge is -2.06. The molecule has 5 nitrogen and oxygen atoms in total. The summed E-state index contributed by atoms with van der Waals surface area (Å²) in [6, 6.07) is 19.5. The molecule has 0 saturated heterocycles. The second-order valence-electron chi connectivity index (χ2n) is 5.24. The van der Waals surface area contributed by atoms with Gasteiger partial charge in [0.1, 0.15) is 12.4 Å². The Bertz CT molecular complexity index is 837. The summed E-state index contributed by atoms with van der Waals surface area (Å²) >= 11 is 0. The van der Waals surface area contributed by atoms with Crippen LogP contribution in [0, 0.1) is 0 Å². The predicted molar refractivity (Wildman–Crippen MR) is 90.5 cm³/mol. The first-order chi connectivity index (χ1) is 12.2. The van der Waals surface area contributed by atoms with Gasteiger partial charge in [-0.05, 0) is 18.2 Å².